The van der Waals surface area contributed by atoms with Gasteiger partial charge in [-0.1, -0.05) is 49.2 Å². The number of hydrogen-bond donors (Lipinski definition) is 1. The standard InChI is InChI=1S/C17H17ClO4/c1-2-3-7-12-10-11-14(18)16(15(12)17(19)20)22-21-13-8-5-4-6-9-13/h4-6,8-11H,2-3,7H2,1H3,(H,19,20). The van der Waals surface area contributed by atoms with Crippen molar-refractivity contribution in [1.82, 2.24) is 0 Å². The molecule has 0 radical (unpaired) electrons. The molecule has 116 valence electrons. The fourth-order valence-corrected chi connectivity index (χ4v) is 2.24. The van der Waals surface area contributed by atoms with Crippen molar-refractivity contribution in [2.75, 3.05) is 0 Å². The van der Waals surface area contributed by atoms with E-state index in [2.05, 4.69) is 0 Å². The molecule has 22 heavy (non-hydrogen) atoms. The first-order valence-corrected chi connectivity index (χ1v) is 7.45. The number of aryl methyl sites for hydroxylation is 1. The Kier molecular flexibility index (Phi) is 5.67. The number of rotatable bonds is 7. The van der Waals surface area contributed by atoms with Gasteiger partial charge in [-0.15, -0.1) is 0 Å². The van der Waals surface area contributed by atoms with Crippen molar-refractivity contribution in [3.05, 3.63) is 58.6 Å². The first-order valence-electron chi connectivity index (χ1n) is 7.07. The Hall–Kier alpha value is -2.20. The SMILES string of the molecule is CCCCc1ccc(Cl)c(OOc2ccccc2)c1C(=O)O. The molecule has 0 aliphatic carbocycles. The van der Waals surface area contributed by atoms with E-state index in [4.69, 9.17) is 21.4 Å². The third-order valence-electron chi connectivity index (χ3n) is 3.17. The van der Waals surface area contributed by atoms with Crippen LogP contribution in [0.1, 0.15) is 35.7 Å². The van der Waals surface area contributed by atoms with E-state index >= 15 is 0 Å². The summed E-state index contributed by atoms with van der Waals surface area (Å²) in [7, 11) is 0. The lowest BCUT2D eigenvalue weighted by molar-refractivity contribution is -0.100. The summed E-state index contributed by atoms with van der Waals surface area (Å²) in [5, 5.41) is 9.68. The van der Waals surface area contributed by atoms with E-state index in [1.165, 1.54) is 0 Å². The quantitative estimate of drug-likeness (QED) is 0.590. The molecule has 2 aromatic rings. The van der Waals surface area contributed by atoms with Crippen molar-refractivity contribution < 1.29 is 19.7 Å². The van der Waals surface area contributed by atoms with E-state index in [9.17, 15) is 9.90 Å². The molecule has 0 aromatic heterocycles. The number of hydrogen-bond acceptors (Lipinski definition) is 3. The average molecular weight is 321 g/mol. The molecule has 0 aliphatic heterocycles. The maximum atomic E-state index is 11.6. The molecule has 0 atom stereocenters. The van der Waals surface area contributed by atoms with E-state index in [0.717, 1.165) is 12.8 Å². The second-order valence-corrected chi connectivity index (χ2v) is 5.21. The van der Waals surface area contributed by atoms with Crippen LogP contribution in [-0.4, -0.2) is 11.1 Å². The molecule has 0 aliphatic rings. The largest absolute Gasteiger partial charge is 0.478 e. The van der Waals surface area contributed by atoms with Gasteiger partial charge in [-0.25, -0.2) is 4.79 Å². The normalized spacial score (nSPS) is 10.3. The Bertz CT molecular complexity index is 641. The minimum atomic E-state index is -1.08. The summed E-state index contributed by atoms with van der Waals surface area (Å²) in [6.07, 6.45) is 2.51. The fraction of sp³-hybridized carbons (Fsp3) is 0.235. The molecule has 2 rings (SSSR count). The van der Waals surface area contributed by atoms with Gasteiger partial charge in [0.05, 0.1) is 5.02 Å². The van der Waals surface area contributed by atoms with Gasteiger partial charge in [-0.05, 0) is 36.6 Å². The topological polar surface area (TPSA) is 55.8 Å². The van der Waals surface area contributed by atoms with Gasteiger partial charge in [0.25, 0.3) is 0 Å². The smallest absolute Gasteiger partial charge is 0.340 e. The highest BCUT2D eigenvalue weighted by atomic mass is 35.5. The van der Waals surface area contributed by atoms with Crippen molar-refractivity contribution >= 4 is 17.6 Å². The molecular formula is C17H17ClO4. The highest BCUT2D eigenvalue weighted by Gasteiger charge is 2.21. The second-order valence-electron chi connectivity index (χ2n) is 4.80. The van der Waals surface area contributed by atoms with Crippen molar-refractivity contribution in [2.24, 2.45) is 0 Å². The molecule has 2 aromatic carbocycles. The molecule has 4 nitrogen and oxygen atoms in total. The molecule has 1 N–H and O–H groups in total. The zero-order valence-corrected chi connectivity index (χ0v) is 13.0. The Morgan fingerprint density at radius 2 is 1.86 bits per heavy atom. The number of para-hydroxylation sites is 1. The van der Waals surface area contributed by atoms with Crippen LogP contribution < -0.4 is 9.78 Å². The Morgan fingerprint density at radius 3 is 2.50 bits per heavy atom. The number of benzene rings is 2. The fourth-order valence-electron chi connectivity index (χ4n) is 2.06. The lowest BCUT2D eigenvalue weighted by Crippen LogP contribution is -2.10. The second kappa shape index (κ2) is 7.71. The van der Waals surface area contributed by atoms with Gasteiger partial charge in [0.2, 0.25) is 5.75 Å². The minimum Gasteiger partial charge on any atom is -0.478 e. The average Bonchev–Trinajstić information content (AvgIpc) is 2.53. The lowest BCUT2D eigenvalue weighted by atomic mass is 10.0. The predicted molar refractivity (Wildman–Crippen MR) is 84.7 cm³/mol. The van der Waals surface area contributed by atoms with Crippen LogP contribution in [0.2, 0.25) is 5.02 Å². The first-order chi connectivity index (χ1) is 10.6. The highest BCUT2D eigenvalue weighted by Crippen LogP contribution is 2.33. The zero-order valence-electron chi connectivity index (χ0n) is 12.2. The molecule has 5 heteroatoms. The van der Waals surface area contributed by atoms with Crippen molar-refractivity contribution in [1.29, 1.82) is 0 Å². The van der Waals surface area contributed by atoms with Crippen LogP contribution in [0.4, 0.5) is 0 Å². The van der Waals surface area contributed by atoms with Crippen LogP contribution in [0.25, 0.3) is 0 Å². The van der Waals surface area contributed by atoms with Crippen LogP contribution in [-0.2, 0) is 6.42 Å². The highest BCUT2D eigenvalue weighted by molar-refractivity contribution is 6.32. The Labute approximate surface area is 134 Å². The molecule has 0 saturated carbocycles. The van der Waals surface area contributed by atoms with Crippen molar-refractivity contribution in [2.45, 2.75) is 26.2 Å². The maximum Gasteiger partial charge on any atom is 0.340 e. The maximum absolute atomic E-state index is 11.6. The van der Waals surface area contributed by atoms with Gasteiger partial charge in [-0.2, -0.15) is 0 Å². The number of carboxylic acid groups (broad SMARTS) is 1. The van der Waals surface area contributed by atoms with Crippen LogP contribution >= 0.6 is 11.6 Å². The van der Waals surface area contributed by atoms with E-state index in [0.29, 0.717) is 17.7 Å². The number of carboxylic acids is 1. The summed E-state index contributed by atoms with van der Waals surface area (Å²) in [5.41, 5.74) is 0.738. The third kappa shape index (κ3) is 3.92. The summed E-state index contributed by atoms with van der Waals surface area (Å²) in [5.74, 6) is -0.583. The van der Waals surface area contributed by atoms with Gasteiger partial charge >= 0.3 is 5.97 Å². The summed E-state index contributed by atoms with van der Waals surface area (Å²) in [6.45, 7) is 2.05. The summed E-state index contributed by atoms with van der Waals surface area (Å²) in [6, 6.07) is 12.2. The number of halogens is 1. The van der Waals surface area contributed by atoms with Crippen LogP contribution in [0.3, 0.4) is 0 Å². The van der Waals surface area contributed by atoms with E-state index in [1.54, 1.807) is 36.4 Å². The lowest BCUT2D eigenvalue weighted by Gasteiger charge is -2.13. The van der Waals surface area contributed by atoms with E-state index < -0.39 is 5.97 Å². The summed E-state index contributed by atoms with van der Waals surface area (Å²) >= 11 is 6.08. The molecule has 0 bridgehead atoms. The molecule has 0 amide bonds. The monoisotopic (exact) mass is 320 g/mol. The van der Waals surface area contributed by atoms with Crippen molar-refractivity contribution in [3.8, 4) is 11.5 Å². The first kappa shape index (κ1) is 16.2. The van der Waals surface area contributed by atoms with E-state index in [-0.39, 0.29) is 16.3 Å². The van der Waals surface area contributed by atoms with Crippen LogP contribution in [0.15, 0.2) is 42.5 Å². The van der Waals surface area contributed by atoms with E-state index in [1.807, 2.05) is 13.0 Å². The van der Waals surface area contributed by atoms with Gasteiger partial charge in [0, 0.05) is 0 Å². The molecule has 0 saturated heterocycles. The van der Waals surface area contributed by atoms with Gasteiger partial charge in [0.1, 0.15) is 5.56 Å². The Morgan fingerprint density at radius 1 is 1.14 bits per heavy atom. The molecular weight excluding hydrogens is 304 g/mol. The van der Waals surface area contributed by atoms with Gasteiger partial charge in [0.15, 0.2) is 5.75 Å². The Balaban J connectivity index is 2.29. The molecule has 0 fully saturated rings. The number of unbranched alkanes of at least 4 members (excludes halogenated alkanes) is 1. The predicted octanol–water partition coefficient (Wildman–Crippen LogP) is 4.75. The molecule has 0 spiro atoms. The van der Waals surface area contributed by atoms with Crippen LogP contribution in [0, 0.1) is 0 Å². The van der Waals surface area contributed by atoms with Crippen molar-refractivity contribution in [3.63, 3.8) is 0 Å². The molecule has 0 unspecified atom stereocenters. The number of carbonyl (C=O) groups is 1. The van der Waals surface area contributed by atoms with Gasteiger partial charge < -0.3 is 5.11 Å². The number of aromatic carboxylic acids is 1. The summed E-state index contributed by atoms with van der Waals surface area (Å²) < 4.78 is 0. The van der Waals surface area contributed by atoms with Crippen LogP contribution in [0.5, 0.6) is 11.5 Å². The minimum absolute atomic E-state index is 0.0339. The third-order valence-corrected chi connectivity index (χ3v) is 3.47. The summed E-state index contributed by atoms with van der Waals surface area (Å²) in [4.78, 5) is 22.0. The molecule has 0 heterocycles. The van der Waals surface area contributed by atoms with Gasteiger partial charge in [-0.3, -0.25) is 9.78 Å². The zero-order chi connectivity index (χ0) is 15.9.